The number of carbonyl (C=O) groups is 1. The highest BCUT2D eigenvalue weighted by molar-refractivity contribution is 7.81. The van der Waals surface area contributed by atoms with Crippen LogP contribution in [0.2, 0.25) is 0 Å². The molecule has 0 aliphatic carbocycles. The van der Waals surface area contributed by atoms with Crippen LogP contribution in [0.1, 0.15) is 24.8 Å². The van der Waals surface area contributed by atoms with Gasteiger partial charge in [-0.25, -0.2) is 0 Å². The number of aromatic nitrogens is 2. The van der Waals surface area contributed by atoms with Crippen molar-refractivity contribution < 1.29 is 4.79 Å². The van der Waals surface area contributed by atoms with Crippen LogP contribution in [0.15, 0.2) is 0 Å². The highest BCUT2D eigenvalue weighted by Crippen LogP contribution is 2.16. The minimum absolute atomic E-state index is 0.147. The predicted octanol–water partition coefficient (Wildman–Crippen LogP) is 1.75. The zero-order valence-corrected chi connectivity index (χ0v) is 9.70. The molecule has 1 heterocycles. The van der Waals surface area contributed by atoms with E-state index in [2.05, 4.69) is 35.1 Å². The van der Waals surface area contributed by atoms with Crippen LogP contribution < -0.4 is 5.32 Å². The Morgan fingerprint density at radius 2 is 2.36 bits per heavy atom. The van der Waals surface area contributed by atoms with E-state index >= 15 is 0 Å². The summed E-state index contributed by atoms with van der Waals surface area (Å²) >= 11 is 5.28. The van der Waals surface area contributed by atoms with E-state index in [9.17, 15) is 4.79 Å². The monoisotopic (exact) mass is 231 g/mol. The lowest BCUT2D eigenvalue weighted by molar-refractivity contribution is -0.113. The number of hydrogen-bond acceptors (Lipinski definition) is 5. The molecule has 0 fully saturated rings. The predicted molar refractivity (Wildman–Crippen MR) is 61.0 cm³/mol. The maximum atomic E-state index is 11.0. The molecule has 1 aromatic heterocycles. The van der Waals surface area contributed by atoms with Gasteiger partial charge in [-0.2, -0.15) is 12.6 Å². The quantitative estimate of drug-likeness (QED) is 0.759. The third kappa shape index (κ3) is 3.63. The van der Waals surface area contributed by atoms with Crippen LogP contribution in [0.4, 0.5) is 5.13 Å². The number of unbranched alkanes of at least 4 members (excludes halogenated alkanes) is 1. The van der Waals surface area contributed by atoms with Gasteiger partial charge in [0, 0.05) is 6.42 Å². The van der Waals surface area contributed by atoms with Crippen LogP contribution in [-0.2, 0) is 11.2 Å². The van der Waals surface area contributed by atoms with Gasteiger partial charge in [-0.1, -0.05) is 24.7 Å². The summed E-state index contributed by atoms with van der Waals surface area (Å²) in [7, 11) is 0. The summed E-state index contributed by atoms with van der Waals surface area (Å²) in [5, 5.41) is 12.0. The summed E-state index contributed by atoms with van der Waals surface area (Å²) in [4.78, 5) is 11.0. The van der Waals surface area contributed by atoms with Gasteiger partial charge in [-0.05, 0) is 6.42 Å². The molecule has 0 bridgehead atoms. The van der Waals surface area contributed by atoms with Gasteiger partial charge < -0.3 is 0 Å². The summed E-state index contributed by atoms with van der Waals surface area (Å²) in [6, 6.07) is 0. The molecule has 0 unspecified atom stereocenters. The molecule has 0 atom stereocenters. The largest absolute Gasteiger partial charge is 0.300 e. The van der Waals surface area contributed by atoms with Gasteiger partial charge >= 0.3 is 0 Å². The van der Waals surface area contributed by atoms with Crippen LogP contribution in [-0.4, -0.2) is 21.9 Å². The van der Waals surface area contributed by atoms with Crippen LogP contribution >= 0.6 is 24.0 Å². The van der Waals surface area contributed by atoms with Crippen molar-refractivity contribution in [1.29, 1.82) is 0 Å². The number of aryl methyl sites for hydroxylation is 1. The van der Waals surface area contributed by atoms with E-state index in [0.29, 0.717) is 5.13 Å². The summed E-state index contributed by atoms with van der Waals surface area (Å²) in [6.45, 7) is 2.13. The average molecular weight is 231 g/mol. The third-order valence-corrected chi connectivity index (χ3v) is 2.79. The number of thiol groups is 1. The molecule has 0 aromatic carbocycles. The second-order valence-corrected chi connectivity index (χ2v) is 4.19. The van der Waals surface area contributed by atoms with E-state index in [1.807, 2.05) is 0 Å². The highest BCUT2D eigenvalue weighted by atomic mass is 32.1. The van der Waals surface area contributed by atoms with Gasteiger partial charge in [-0.15, -0.1) is 10.2 Å². The van der Waals surface area contributed by atoms with E-state index < -0.39 is 0 Å². The number of amides is 1. The summed E-state index contributed by atoms with van der Waals surface area (Å²) in [5.41, 5.74) is 0. The third-order valence-electron chi connectivity index (χ3n) is 1.60. The summed E-state index contributed by atoms with van der Waals surface area (Å²) in [6.07, 6.45) is 3.18. The average Bonchev–Trinajstić information content (AvgIpc) is 2.62. The molecule has 0 aliphatic heterocycles. The first-order chi connectivity index (χ1) is 6.76. The zero-order chi connectivity index (χ0) is 10.4. The molecule has 0 spiro atoms. The molecule has 1 N–H and O–H groups in total. The van der Waals surface area contributed by atoms with Crippen molar-refractivity contribution >= 4 is 35.0 Å². The maximum absolute atomic E-state index is 11.0. The van der Waals surface area contributed by atoms with Crippen molar-refractivity contribution in [3.8, 4) is 0 Å². The number of rotatable bonds is 5. The molecule has 1 aromatic rings. The topological polar surface area (TPSA) is 54.9 Å². The van der Waals surface area contributed by atoms with Crippen molar-refractivity contribution in [3.05, 3.63) is 5.01 Å². The molecule has 0 radical (unpaired) electrons. The molecule has 1 rings (SSSR count). The second-order valence-electron chi connectivity index (χ2n) is 2.81. The van der Waals surface area contributed by atoms with Crippen LogP contribution in [0.5, 0.6) is 0 Å². The van der Waals surface area contributed by atoms with Crippen LogP contribution in [0.25, 0.3) is 0 Å². The lowest BCUT2D eigenvalue weighted by Gasteiger charge is -1.94. The molecule has 14 heavy (non-hydrogen) atoms. The fraction of sp³-hybridized carbons (Fsp3) is 0.625. The standard InChI is InChI=1S/C8H13N3OS2/c1-2-3-4-7-10-11-8(14-7)9-6(12)5-13/h13H,2-5H2,1H3,(H,9,11,12). The number of carbonyl (C=O) groups excluding carboxylic acids is 1. The van der Waals surface area contributed by atoms with Crippen molar-refractivity contribution in [2.75, 3.05) is 11.1 Å². The van der Waals surface area contributed by atoms with Crippen molar-refractivity contribution in [2.24, 2.45) is 0 Å². The first-order valence-electron chi connectivity index (χ1n) is 4.49. The zero-order valence-electron chi connectivity index (χ0n) is 7.99. The van der Waals surface area contributed by atoms with Gasteiger partial charge in [-0.3, -0.25) is 10.1 Å². The van der Waals surface area contributed by atoms with Gasteiger partial charge in [0.2, 0.25) is 11.0 Å². The Labute approximate surface area is 92.5 Å². The van der Waals surface area contributed by atoms with Crippen molar-refractivity contribution in [1.82, 2.24) is 10.2 Å². The first kappa shape index (κ1) is 11.5. The second kappa shape index (κ2) is 5.98. The lowest BCUT2D eigenvalue weighted by atomic mass is 10.3. The molecule has 78 valence electrons. The lowest BCUT2D eigenvalue weighted by Crippen LogP contribution is -2.12. The molecular formula is C8H13N3OS2. The minimum atomic E-state index is -0.147. The Morgan fingerprint density at radius 1 is 1.57 bits per heavy atom. The summed E-state index contributed by atoms with van der Waals surface area (Å²) in [5.74, 6) is 0.0238. The molecule has 0 saturated heterocycles. The molecule has 0 aliphatic rings. The Balaban J connectivity index is 2.46. The fourth-order valence-electron chi connectivity index (χ4n) is 0.892. The van der Waals surface area contributed by atoms with Crippen LogP contribution in [0, 0.1) is 0 Å². The highest BCUT2D eigenvalue weighted by Gasteiger charge is 2.05. The van der Waals surface area contributed by atoms with Gasteiger partial charge in [0.15, 0.2) is 0 Å². The Hall–Kier alpha value is -0.620. The molecule has 6 heteroatoms. The van der Waals surface area contributed by atoms with Crippen molar-refractivity contribution in [2.45, 2.75) is 26.2 Å². The van der Waals surface area contributed by atoms with E-state index in [-0.39, 0.29) is 11.7 Å². The van der Waals surface area contributed by atoms with E-state index in [0.717, 1.165) is 24.3 Å². The van der Waals surface area contributed by atoms with Gasteiger partial charge in [0.25, 0.3) is 0 Å². The number of nitrogens with one attached hydrogen (secondary N) is 1. The van der Waals surface area contributed by atoms with E-state index in [1.165, 1.54) is 11.3 Å². The Bertz CT molecular complexity index is 301. The first-order valence-corrected chi connectivity index (χ1v) is 5.94. The molecule has 0 saturated carbocycles. The van der Waals surface area contributed by atoms with E-state index in [1.54, 1.807) is 0 Å². The normalized spacial score (nSPS) is 10.1. The fourth-order valence-corrected chi connectivity index (χ4v) is 1.77. The smallest absolute Gasteiger partial charge is 0.235 e. The molecular weight excluding hydrogens is 218 g/mol. The number of nitrogens with zero attached hydrogens (tertiary/aromatic N) is 2. The van der Waals surface area contributed by atoms with Gasteiger partial charge in [0.05, 0.1) is 5.75 Å². The maximum Gasteiger partial charge on any atom is 0.235 e. The van der Waals surface area contributed by atoms with Gasteiger partial charge in [0.1, 0.15) is 5.01 Å². The van der Waals surface area contributed by atoms with Crippen LogP contribution in [0.3, 0.4) is 0 Å². The SMILES string of the molecule is CCCCc1nnc(NC(=O)CS)s1. The molecule has 4 nitrogen and oxygen atoms in total. The van der Waals surface area contributed by atoms with Crippen molar-refractivity contribution in [3.63, 3.8) is 0 Å². The Morgan fingerprint density at radius 3 is 3.00 bits per heavy atom. The molecule has 1 amide bonds. The van der Waals surface area contributed by atoms with E-state index in [4.69, 9.17) is 0 Å². The number of anilines is 1. The number of hydrogen-bond donors (Lipinski definition) is 2. The Kier molecular flexibility index (Phi) is 4.89. The minimum Gasteiger partial charge on any atom is -0.300 e. The summed E-state index contributed by atoms with van der Waals surface area (Å²) < 4.78 is 0.